The van der Waals surface area contributed by atoms with E-state index in [1.54, 1.807) is 17.4 Å². The lowest BCUT2D eigenvalue weighted by atomic mass is 10.2. The predicted molar refractivity (Wildman–Crippen MR) is 80.0 cm³/mol. The number of aromatic hydroxyl groups is 1. The van der Waals surface area contributed by atoms with E-state index in [1.165, 1.54) is 22.3 Å². The van der Waals surface area contributed by atoms with Crippen molar-refractivity contribution in [2.24, 2.45) is 7.05 Å². The number of phenols is 1. The lowest BCUT2D eigenvalue weighted by Gasteiger charge is -1.96. The maximum absolute atomic E-state index is 13.3. The van der Waals surface area contributed by atoms with Gasteiger partial charge in [-0.3, -0.25) is 0 Å². The molecule has 3 rings (SSSR count). The second-order valence-electron chi connectivity index (χ2n) is 4.51. The van der Waals surface area contributed by atoms with Crippen LogP contribution in [0.1, 0.15) is 10.6 Å². The van der Waals surface area contributed by atoms with Crippen LogP contribution in [0.2, 0.25) is 0 Å². The fourth-order valence-corrected chi connectivity index (χ4v) is 3.11. The topological polar surface area (TPSA) is 24.1 Å². The number of aromatic nitrogens is 1. The van der Waals surface area contributed by atoms with E-state index in [1.807, 2.05) is 31.3 Å². The molecule has 0 fully saturated rings. The van der Waals surface area contributed by atoms with Crippen LogP contribution >= 0.6 is 11.3 Å². The number of para-hydroxylation sites is 1. The van der Waals surface area contributed by atoms with Gasteiger partial charge in [-0.15, -0.1) is 0 Å². The highest BCUT2D eigenvalue weighted by atomic mass is 127. The number of hydrogen-bond acceptors (Lipinski definition) is 2. The first-order valence-electron chi connectivity index (χ1n) is 6.19. The van der Waals surface area contributed by atoms with Gasteiger partial charge in [0.1, 0.15) is 11.7 Å². The molecule has 2 aromatic carbocycles. The van der Waals surface area contributed by atoms with E-state index < -0.39 is 5.82 Å². The molecule has 0 spiro atoms. The summed E-state index contributed by atoms with van der Waals surface area (Å²) in [5, 5.41) is 10.3. The van der Waals surface area contributed by atoms with Crippen molar-refractivity contribution in [3.8, 4) is 5.75 Å². The van der Waals surface area contributed by atoms with E-state index in [2.05, 4.69) is 16.7 Å². The van der Waals surface area contributed by atoms with Crippen molar-refractivity contribution in [1.29, 1.82) is 0 Å². The molecule has 0 atom stereocenters. The van der Waals surface area contributed by atoms with Crippen LogP contribution in [0.4, 0.5) is 4.39 Å². The van der Waals surface area contributed by atoms with Gasteiger partial charge in [0, 0.05) is 12.1 Å². The van der Waals surface area contributed by atoms with Crippen LogP contribution in [-0.2, 0) is 7.05 Å². The second kappa shape index (κ2) is 6.53. The predicted octanol–water partition coefficient (Wildman–Crippen LogP) is 0.745. The minimum absolute atomic E-state index is 0. The number of thiazole rings is 1. The molecule has 21 heavy (non-hydrogen) atoms. The van der Waals surface area contributed by atoms with Gasteiger partial charge >= 0.3 is 0 Å². The number of halogens is 2. The largest absolute Gasteiger partial charge is 1.00 e. The average molecular weight is 413 g/mol. The fourth-order valence-electron chi connectivity index (χ4n) is 2.06. The zero-order valence-electron chi connectivity index (χ0n) is 11.3. The molecular weight excluding hydrogens is 400 g/mol. The number of benzene rings is 2. The van der Waals surface area contributed by atoms with E-state index in [0.29, 0.717) is 0 Å². The minimum Gasteiger partial charge on any atom is -1.00 e. The molecule has 2 nitrogen and oxygen atoms in total. The first-order valence-corrected chi connectivity index (χ1v) is 7.01. The zero-order valence-corrected chi connectivity index (χ0v) is 14.2. The SMILES string of the molecule is C[n+]1c(/C=C/c2ccc(O)c(F)c2)sc2ccccc21.[I-]. The molecule has 0 saturated heterocycles. The Balaban J connectivity index is 0.00000161. The average Bonchev–Trinajstić information content (AvgIpc) is 2.77. The molecule has 0 aliphatic heterocycles. The van der Waals surface area contributed by atoms with Crippen LogP contribution in [-0.4, -0.2) is 5.11 Å². The van der Waals surface area contributed by atoms with Crippen molar-refractivity contribution in [2.45, 2.75) is 0 Å². The van der Waals surface area contributed by atoms with E-state index in [4.69, 9.17) is 5.11 Å². The van der Waals surface area contributed by atoms with Crippen molar-refractivity contribution in [3.63, 3.8) is 0 Å². The molecule has 108 valence electrons. The Kier molecular flexibility index (Phi) is 4.95. The molecule has 1 aromatic heterocycles. The summed E-state index contributed by atoms with van der Waals surface area (Å²) in [4.78, 5) is 0. The summed E-state index contributed by atoms with van der Waals surface area (Å²) < 4.78 is 16.6. The molecule has 1 N–H and O–H groups in total. The van der Waals surface area contributed by atoms with Gasteiger partial charge in [0.15, 0.2) is 11.6 Å². The van der Waals surface area contributed by atoms with Gasteiger partial charge in [0.25, 0.3) is 5.01 Å². The molecule has 0 unspecified atom stereocenters. The Morgan fingerprint density at radius 2 is 1.90 bits per heavy atom. The molecule has 3 aromatic rings. The van der Waals surface area contributed by atoms with Crippen LogP contribution in [0.25, 0.3) is 22.4 Å². The third kappa shape index (κ3) is 3.24. The Bertz CT molecular complexity index is 813. The van der Waals surface area contributed by atoms with Gasteiger partial charge in [0.2, 0.25) is 5.52 Å². The highest BCUT2D eigenvalue weighted by Crippen LogP contribution is 2.22. The molecule has 0 aliphatic rings. The van der Waals surface area contributed by atoms with Gasteiger partial charge in [-0.05, 0) is 29.8 Å². The van der Waals surface area contributed by atoms with E-state index in [-0.39, 0.29) is 29.7 Å². The first kappa shape index (κ1) is 15.9. The smallest absolute Gasteiger partial charge is 0.262 e. The third-order valence-electron chi connectivity index (χ3n) is 3.16. The number of aryl methyl sites for hydroxylation is 1. The van der Waals surface area contributed by atoms with Crippen LogP contribution < -0.4 is 28.5 Å². The Hall–Kier alpha value is -1.47. The number of phenolic OH excluding ortho intramolecular Hbond substituents is 1. The van der Waals surface area contributed by atoms with E-state index in [9.17, 15) is 4.39 Å². The van der Waals surface area contributed by atoms with Crippen LogP contribution in [0.3, 0.4) is 0 Å². The van der Waals surface area contributed by atoms with Gasteiger partial charge < -0.3 is 29.1 Å². The van der Waals surface area contributed by atoms with Crippen molar-refractivity contribution >= 4 is 33.7 Å². The van der Waals surface area contributed by atoms with Crippen LogP contribution in [0.5, 0.6) is 5.75 Å². The quantitative estimate of drug-likeness (QED) is 0.487. The van der Waals surface area contributed by atoms with Gasteiger partial charge in [-0.1, -0.05) is 29.5 Å². The maximum Gasteiger partial charge on any atom is 0.262 e. The van der Waals surface area contributed by atoms with Crippen LogP contribution in [0, 0.1) is 5.82 Å². The van der Waals surface area contributed by atoms with E-state index >= 15 is 0 Å². The van der Waals surface area contributed by atoms with Crippen LogP contribution in [0.15, 0.2) is 42.5 Å². The standard InChI is InChI=1S/C16H12FNOS.HI/c1-18-13-4-2-3-5-15(13)20-16(18)9-7-11-6-8-14(19)12(17)10-11;/h2-10H,1H3;1H. The lowest BCUT2D eigenvalue weighted by Crippen LogP contribution is -3.00. The van der Waals surface area contributed by atoms with Crippen molar-refractivity contribution in [3.05, 3.63) is 58.9 Å². The lowest BCUT2D eigenvalue weighted by molar-refractivity contribution is -0.642. The summed E-state index contributed by atoms with van der Waals surface area (Å²) in [5.74, 6) is -0.928. The summed E-state index contributed by atoms with van der Waals surface area (Å²) >= 11 is 1.68. The highest BCUT2D eigenvalue weighted by Gasteiger charge is 2.13. The van der Waals surface area contributed by atoms with Gasteiger partial charge in [0.05, 0.1) is 0 Å². The summed E-state index contributed by atoms with van der Waals surface area (Å²) in [7, 11) is 2.01. The Labute approximate surface area is 143 Å². The fraction of sp³-hybridized carbons (Fsp3) is 0.0625. The summed E-state index contributed by atoms with van der Waals surface area (Å²) in [6, 6.07) is 12.5. The highest BCUT2D eigenvalue weighted by molar-refractivity contribution is 7.18. The first-order chi connectivity index (χ1) is 9.65. The monoisotopic (exact) mass is 413 g/mol. The van der Waals surface area contributed by atoms with E-state index in [0.717, 1.165) is 10.6 Å². The molecule has 0 bridgehead atoms. The molecule has 0 saturated carbocycles. The Morgan fingerprint density at radius 3 is 2.62 bits per heavy atom. The molecule has 0 aliphatic carbocycles. The third-order valence-corrected chi connectivity index (χ3v) is 4.35. The normalized spacial score (nSPS) is 11.0. The summed E-state index contributed by atoms with van der Waals surface area (Å²) in [6.07, 6.45) is 3.80. The number of fused-ring (bicyclic) bond motifs is 1. The molecular formula is C16H13FINOS. The second-order valence-corrected chi connectivity index (χ2v) is 5.57. The minimum atomic E-state index is -0.604. The molecule has 1 heterocycles. The molecule has 0 amide bonds. The number of rotatable bonds is 2. The molecule has 5 heteroatoms. The van der Waals surface area contributed by atoms with Crippen molar-refractivity contribution < 1.29 is 38.0 Å². The Morgan fingerprint density at radius 1 is 1.14 bits per heavy atom. The zero-order chi connectivity index (χ0) is 14.1. The van der Waals surface area contributed by atoms with Crippen molar-refractivity contribution in [2.75, 3.05) is 0 Å². The summed E-state index contributed by atoms with van der Waals surface area (Å²) in [5.41, 5.74) is 1.90. The molecule has 0 radical (unpaired) electrons. The summed E-state index contributed by atoms with van der Waals surface area (Å²) in [6.45, 7) is 0. The number of hydrogen-bond donors (Lipinski definition) is 1. The maximum atomic E-state index is 13.3. The number of nitrogens with zero attached hydrogens (tertiary/aromatic N) is 1. The van der Waals surface area contributed by atoms with Gasteiger partial charge in [-0.25, -0.2) is 4.39 Å². The van der Waals surface area contributed by atoms with Gasteiger partial charge in [-0.2, -0.15) is 4.57 Å². The van der Waals surface area contributed by atoms with Crippen molar-refractivity contribution in [1.82, 2.24) is 0 Å².